The van der Waals surface area contributed by atoms with Gasteiger partial charge in [0.05, 0.1) is 18.9 Å². The molecule has 1 N–H and O–H groups in total. The van der Waals surface area contributed by atoms with Gasteiger partial charge in [0.2, 0.25) is 5.76 Å². The number of hydrogen-bond donors (Lipinski definition) is 1. The fourth-order valence-electron chi connectivity index (χ4n) is 1.59. The number of hydrogen-bond acceptors (Lipinski definition) is 7. The van der Waals surface area contributed by atoms with Gasteiger partial charge in [-0.2, -0.15) is 5.10 Å². The van der Waals surface area contributed by atoms with Gasteiger partial charge in [-0.25, -0.2) is 9.78 Å². The lowest BCUT2D eigenvalue weighted by atomic mass is 10.3. The van der Waals surface area contributed by atoms with Crippen molar-refractivity contribution in [2.75, 3.05) is 6.54 Å². The van der Waals surface area contributed by atoms with Crippen LogP contribution in [0.5, 0.6) is 5.88 Å². The Bertz CT molecular complexity index is 689. The molecular weight excluding hydrogens is 278 g/mol. The lowest BCUT2D eigenvalue weighted by Gasteiger charge is -2.03. The van der Waals surface area contributed by atoms with E-state index >= 15 is 0 Å². The lowest BCUT2D eigenvalue weighted by Crippen LogP contribution is -2.30. The zero-order valence-electron chi connectivity index (χ0n) is 10.8. The monoisotopic (exact) mass is 289 g/mol. The van der Waals surface area contributed by atoms with Gasteiger partial charge in [0.15, 0.2) is 5.76 Å². The average molecular weight is 289 g/mol. The summed E-state index contributed by atoms with van der Waals surface area (Å²) in [6.45, 7) is 0.844. The molecule has 21 heavy (non-hydrogen) atoms. The van der Waals surface area contributed by atoms with E-state index in [4.69, 9.17) is 13.7 Å². The van der Waals surface area contributed by atoms with E-state index in [0.717, 1.165) is 0 Å². The first-order valence-electron chi connectivity index (χ1n) is 6.10. The summed E-state index contributed by atoms with van der Waals surface area (Å²) in [7, 11) is 0. The Kier molecular flexibility index (Phi) is 3.63. The van der Waals surface area contributed by atoms with Crippen molar-refractivity contribution < 1.29 is 18.5 Å². The molecule has 0 aromatic carbocycles. The van der Waals surface area contributed by atoms with E-state index in [9.17, 15) is 4.79 Å². The van der Waals surface area contributed by atoms with Crippen LogP contribution in [0.2, 0.25) is 0 Å². The molecule has 9 heteroatoms. The molecule has 0 spiro atoms. The molecule has 0 saturated heterocycles. The second kappa shape index (κ2) is 5.90. The number of carbonyl (C=O) groups excluding carboxylic acids is 1. The van der Waals surface area contributed by atoms with Gasteiger partial charge in [-0.3, -0.25) is 4.68 Å². The highest BCUT2D eigenvalue weighted by atomic mass is 16.6. The van der Waals surface area contributed by atoms with Crippen molar-refractivity contribution in [3.63, 3.8) is 0 Å². The van der Waals surface area contributed by atoms with Crippen LogP contribution in [0, 0.1) is 0 Å². The fraction of sp³-hybridized carbons (Fsp3) is 0.167. The van der Waals surface area contributed by atoms with Crippen molar-refractivity contribution in [3.05, 3.63) is 37.1 Å². The molecule has 0 aliphatic rings. The van der Waals surface area contributed by atoms with Gasteiger partial charge >= 0.3 is 6.09 Å². The molecule has 9 nitrogen and oxygen atoms in total. The van der Waals surface area contributed by atoms with Crippen molar-refractivity contribution in [3.8, 4) is 17.4 Å². The third-order valence-corrected chi connectivity index (χ3v) is 2.53. The molecule has 3 rings (SSSR count). The van der Waals surface area contributed by atoms with Gasteiger partial charge in [-0.05, 0) is 17.3 Å². The minimum absolute atomic E-state index is 0.0552. The molecule has 3 aromatic heterocycles. The third-order valence-electron chi connectivity index (χ3n) is 2.53. The van der Waals surface area contributed by atoms with Crippen molar-refractivity contribution in [1.29, 1.82) is 0 Å². The predicted molar refractivity (Wildman–Crippen MR) is 68.3 cm³/mol. The Labute approximate surface area is 118 Å². The number of amides is 1. The Morgan fingerprint density at radius 1 is 1.43 bits per heavy atom. The predicted octanol–water partition coefficient (Wildman–Crippen LogP) is 1.31. The van der Waals surface area contributed by atoms with Crippen molar-refractivity contribution in [1.82, 2.24) is 25.2 Å². The van der Waals surface area contributed by atoms with Crippen LogP contribution in [0.25, 0.3) is 11.5 Å². The quantitative estimate of drug-likeness (QED) is 0.754. The second-order valence-electron chi connectivity index (χ2n) is 3.98. The molecule has 0 saturated carbocycles. The molecule has 3 heterocycles. The largest absolute Gasteiger partial charge is 0.461 e. The fourth-order valence-corrected chi connectivity index (χ4v) is 1.59. The number of rotatable bonds is 5. The minimum atomic E-state index is -0.630. The summed E-state index contributed by atoms with van der Waals surface area (Å²) < 4.78 is 16.7. The first-order chi connectivity index (χ1) is 10.3. The number of furan rings is 1. The smallest absolute Gasteiger partial charge is 0.414 e. The third kappa shape index (κ3) is 3.26. The lowest BCUT2D eigenvalue weighted by molar-refractivity contribution is 0.195. The number of aromatic nitrogens is 4. The van der Waals surface area contributed by atoms with E-state index in [0.29, 0.717) is 24.6 Å². The zero-order valence-corrected chi connectivity index (χ0v) is 10.8. The SMILES string of the molecule is O=C(NCCn1cncn1)Oc1cc(-c2ccco2)on1. The van der Waals surface area contributed by atoms with E-state index in [-0.39, 0.29) is 5.88 Å². The van der Waals surface area contributed by atoms with Gasteiger partial charge in [-0.15, -0.1) is 0 Å². The molecule has 0 atom stereocenters. The molecule has 0 bridgehead atoms. The van der Waals surface area contributed by atoms with E-state index in [1.165, 1.54) is 18.7 Å². The maximum atomic E-state index is 11.6. The van der Waals surface area contributed by atoms with Crippen LogP contribution >= 0.6 is 0 Å². The number of nitrogens with zero attached hydrogens (tertiary/aromatic N) is 4. The number of carbonyl (C=O) groups is 1. The topological polar surface area (TPSA) is 108 Å². The highest BCUT2D eigenvalue weighted by Crippen LogP contribution is 2.23. The van der Waals surface area contributed by atoms with Crippen molar-refractivity contribution >= 4 is 6.09 Å². The Morgan fingerprint density at radius 3 is 3.14 bits per heavy atom. The minimum Gasteiger partial charge on any atom is -0.461 e. The van der Waals surface area contributed by atoms with Crippen LogP contribution in [0.4, 0.5) is 4.79 Å². The van der Waals surface area contributed by atoms with Gasteiger partial charge in [0.1, 0.15) is 12.7 Å². The summed E-state index contributed by atoms with van der Waals surface area (Å²) in [5, 5.41) is 10.1. The maximum absolute atomic E-state index is 11.6. The van der Waals surface area contributed by atoms with Gasteiger partial charge in [-0.1, -0.05) is 0 Å². The van der Waals surface area contributed by atoms with Crippen LogP contribution in [-0.4, -0.2) is 32.6 Å². The molecule has 0 aliphatic carbocycles. The Morgan fingerprint density at radius 2 is 2.38 bits per heavy atom. The van der Waals surface area contributed by atoms with E-state index < -0.39 is 6.09 Å². The highest BCUT2D eigenvalue weighted by Gasteiger charge is 2.12. The first kappa shape index (κ1) is 12.9. The highest BCUT2D eigenvalue weighted by molar-refractivity contribution is 5.70. The van der Waals surface area contributed by atoms with E-state index in [1.54, 1.807) is 23.1 Å². The maximum Gasteiger partial charge on any atom is 0.414 e. The molecule has 0 fully saturated rings. The van der Waals surface area contributed by atoms with E-state index in [2.05, 4.69) is 20.6 Å². The van der Waals surface area contributed by atoms with Crippen molar-refractivity contribution in [2.45, 2.75) is 6.54 Å². The first-order valence-corrected chi connectivity index (χ1v) is 6.10. The number of nitrogens with one attached hydrogen (secondary N) is 1. The van der Waals surface area contributed by atoms with Crippen LogP contribution in [-0.2, 0) is 6.54 Å². The summed E-state index contributed by atoms with van der Waals surface area (Å²) in [5.74, 6) is 0.939. The van der Waals surface area contributed by atoms with Gasteiger partial charge < -0.3 is 19.0 Å². The summed E-state index contributed by atoms with van der Waals surface area (Å²) in [4.78, 5) is 15.3. The van der Waals surface area contributed by atoms with E-state index in [1.807, 2.05) is 0 Å². The molecular formula is C12H11N5O4. The van der Waals surface area contributed by atoms with Crippen molar-refractivity contribution in [2.24, 2.45) is 0 Å². The Hall–Kier alpha value is -3.10. The molecule has 0 unspecified atom stereocenters. The van der Waals surface area contributed by atoms with Crippen LogP contribution in [0.3, 0.4) is 0 Å². The van der Waals surface area contributed by atoms with Crippen LogP contribution in [0.15, 0.2) is 46.1 Å². The van der Waals surface area contributed by atoms with Crippen LogP contribution < -0.4 is 10.1 Å². The zero-order chi connectivity index (χ0) is 14.5. The molecule has 0 aliphatic heterocycles. The van der Waals surface area contributed by atoms with Gasteiger partial charge in [0.25, 0.3) is 5.88 Å². The molecule has 3 aromatic rings. The average Bonchev–Trinajstić information content (AvgIpc) is 3.21. The molecule has 108 valence electrons. The summed E-state index contributed by atoms with van der Waals surface area (Å²) >= 11 is 0. The normalized spacial score (nSPS) is 10.5. The summed E-state index contributed by atoms with van der Waals surface area (Å²) in [6.07, 6.45) is 3.86. The summed E-state index contributed by atoms with van der Waals surface area (Å²) in [6, 6.07) is 4.90. The Balaban J connectivity index is 1.48. The number of ether oxygens (including phenoxy) is 1. The van der Waals surface area contributed by atoms with Crippen LogP contribution in [0.1, 0.15) is 0 Å². The second-order valence-corrected chi connectivity index (χ2v) is 3.98. The van der Waals surface area contributed by atoms with Gasteiger partial charge in [0, 0.05) is 6.54 Å². The standard InChI is InChI=1S/C12H11N5O4/c18-12(14-3-4-17-8-13-7-15-17)20-11-6-10(21-16-11)9-2-1-5-19-9/h1-2,5-8H,3-4H2,(H,14,18). The molecule has 0 radical (unpaired) electrons. The summed E-state index contributed by atoms with van der Waals surface area (Å²) in [5.41, 5.74) is 0. The molecule has 1 amide bonds.